The number of aliphatic hydroxyl groups is 1. The van der Waals surface area contributed by atoms with E-state index in [0.717, 1.165) is 38.5 Å². The van der Waals surface area contributed by atoms with Gasteiger partial charge in [-0.1, -0.05) is 29.8 Å². The number of hydrogen-bond donors (Lipinski definition) is 4. The van der Waals surface area contributed by atoms with Crippen LogP contribution in [0.4, 0.5) is 0 Å². The van der Waals surface area contributed by atoms with Crippen LogP contribution < -0.4 is 5.32 Å². The molecule has 2 heterocycles. The SMILES string of the molecule is Cc1ccc2[nH]c(C(=O)N[C@H](CO)Cc3c[nH]c4ccccc34)c(C)c2c1. The van der Waals surface area contributed by atoms with Crippen LogP contribution >= 0.6 is 0 Å². The molecule has 0 saturated carbocycles. The zero-order chi connectivity index (χ0) is 19.0. The number of H-pyrrole nitrogens is 2. The van der Waals surface area contributed by atoms with Crippen molar-refractivity contribution in [2.45, 2.75) is 26.3 Å². The summed E-state index contributed by atoms with van der Waals surface area (Å²) in [4.78, 5) is 19.3. The molecule has 5 heteroatoms. The predicted octanol–water partition coefficient (Wildman–Crippen LogP) is 3.60. The third-order valence-corrected chi connectivity index (χ3v) is 5.14. The minimum absolute atomic E-state index is 0.121. The van der Waals surface area contributed by atoms with Gasteiger partial charge in [0.2, 0.25) is 0 Å². The summed E-state index contributed by atoms with van der Waals surface area (Å²) in [5.74, 6) is -0.194. The molecular formula is C22H23N3O2. The normalized spacial score (nSPS) is 12.6. The van der Waals surface area contributed by atoms with Gasteiger partial charge < -0.3 is 20.4 Å². The lowest BCUT2D eigenvalue weighted by molar-refractivity contribution is 0.0911. The van der Waals surface area contributed by atoms with Crippen LogP contribution in [0.5, 0.6) is 0 Å². The number of aromatic nitrogens is 2. The van der Waals surface area contributed by atoms with Crippen molar-refractivity contribution < 1.29 is 9.90 Å². The van der Waals surface area contributed by atoms with Crippen molar-refractivity contribution in [3.63, 3.8) is 0 Å². The summed E-state index contributed by atoms with van der Waals surface area (Å²) in [5.41, 5.74) is 5.71. The molecule has 0 saturated heterocycles. The molecule has 0 aliphatic carbocycles. The molecule has 2 aromatic carbocycles. The third kappa shape index (κ3) is 3.22. The highest BCUT2D eigenvalue weighted by Crippen LogP contribution is 2.23. The van der Waals surface area contributed by atoms with E-state index < -0.39 is 0 Å². The number of nitrogens with one attached hydrogen (secondary N) is 3. The Morgan fingerprint density at radius 2 is 1.93 bits per heavy atom. The minimum Gasteiger partial charge on any atom is -0.394 e. The Balaban J connectivity index is 1.56. The van der Waals surface area contributed by atoms with Gasteiger partial charge in [0.25, 0.3) is 5.91 Å². The lowest BCUT2D eigenvalue weighted by Crippen LogP contribution is -2.39. The van der Waals surface area contributed by atoms with E-state index in [9.17, 15) is 9.90 Å². The van der Waals surface area contributed by atoms with Crippen molar-refractivity contribution in [3.05, 3.63) is 71.0 Å². The molecule has 138 valence electrons. The predicted molar refractivity (Wildman–Crippen MR) is 108 cm³/mol. The lowest BCUT2D eigenvalue weighted by Gasteiger charge is -2.16. The molecule has 2 aromatic heterocycles. The van der Waals surface area contributed by atoms with Gasteiger partial charge in [-0.15, -0.1) is 0 Å². The van der Waals surface area contributed by atoms with E-state index in [2.05, 4.69) is 21.4 Å². The van der Waals surface area contributed by atoms with Crippen LogP contribution in [-0.2, 0) is 6.42 Å². The van der Waals surface area contributed by atoms with Gasteiger partial charge >= 0.3 is 0 Å². The molecule has 0 bridgehead atoms. The second-order valence-corrected chi connectivity index (χ2v) is 7.09. The first-order chi connectivity index (χ1) is 13.1. The average molecular weight is 361 g/mol. The first-order valence-corrected chi connectivity index (χ1v) is 9.12. The lowest BCUT2D eigenvalue weighted by atomic mass is 10.0. The van der Waals surface area contributed by atoms with Crippen LogP contribution in [0.3, 0.4) is 0 Å². The Morgan fingerprint density at radius 3 is 2.74 bits per heavy atom. The standard InChI is InChI=1S/C22H23N3O2/c1-13-7-8-20-18(9-13)14(2)21(25-20)22(27)24-16(12-26)10-15-11-23-19-6-4-3-5-17(15)19/h3-9,11,16,23,25-26H,10,12H2,1-2H3,(H,24,27)/t16-/m0/s1. The van der Waals surface area contributed by atoms with Crippen molar-refractivity contribution >= 4 is 27.7 Å². The summed E-state index contributed by atoms with van der Waals surface area (Å²) < 4.78 is 0. The van der Waals surface area contributed by atoms with Crippen LogP contribution in [0, 0.1) is 13.8 Å². The van der Waals surface area contributed by atoms with Gasteiger partial charge in [0.15, 0.2) is 0 Å². The highest BCUT2D eigenvalue weighted by molar-refractivity contribution is 6.01. The number of amides is 1. The number of hydrogen-bond acceptors (Lipinski definition) is 2. The van der Waals surface area contributed by atoms with Crippen LogP contribution in [0.1, 0.15) is 27.2 Å². The fourth-order valence-electron chi connectivity index (χ4n) is 3.65. The summed E-state index contributed by atoms with van der Waals surface area (Å²) >= 11 is 0. The molecule has 4 aromatic rings. The van der Waals surface area contributed by atoms with E-state index >= 15 is 0 Å². The summed E-state index contributed by atoms with van der Waals surface area (Å²) in [5, 5.41) is 14.9. The Labute approximate surface area is 157 Å². The molecule has 5 nitrogen and oxygen atoms in total. The quantitative estimate of drug-likeness (QED) is 0.438. The monoisotopic (exact) mass is 361 g/mol. The first kappa shape index (κ1) is 17.4. The van der Waals surface area contributed by atoms with Gasteiger partial charge in [0, 0.05) is 28.0 Å². The third-order valence-electron chi connectivity index (χ3n) is 5.14. The second kappa shape index (κ2) is 6.93. The molecule has 1 atom stereocenters. The van der Waals surface area contributed by atoms with Gasteiger partial charge in [0.05, 0.1) is 12.6 Å². The maximum absolute atomic E-state index is 12.8. The largest absolute Gasteiger partial charge is 0.394 e. The smallest absolute Gasteiger partial charge is 0.268 e. The molecule has 1 amide bonds. The van der Waals surface area contributed by atoms with E-state index in [-0.39, 0.29) is 18.6 Å². The van der Waals surface area contributed by atoms with Gasteiger partial charge in [-0.25, -0.2) is 0 Å². The van der Waals surface area contributed by atoms with Crippen molar-refractivity contribution in [1.29, 1.82) is 0 Å². The fraction of sp³-hybridized carbons (Fsp3) is 0.227. The van der Waals surface area contributed by atoms with Crippen molar-refractivity contribution in [1.82, 2.24) is 15.3 Å². The van der Waals surface area contributed by atoms with Gasteiger partial charge in [0.1, 0.15) is 5.69 Å². The Hall–Kier alpha value is -3.05. The molecule has 4 N–H and O–H groups in total. The van der Waals surface area contributed by atoms with Crippen molar-refractivity contribution in [2.75, 3.05) is 6.61 Å². The molecule has 0 fully saturated rings. The van der Waals surface area contributed by atoms with E-state index in [4.69, 9.17) is 0 Å². The second-order valence-electron chi connectivity index (χ2n) is 7.09. The highest BCUT2D eigenvalue weighted by atomic mass is 16.3. The van der Waals surface area contributed by atoms with Gasteiger partial charge in [-0.2, -0.15) is 0 Å². The highest BCUT2D eigenvalue weighted by Gasteiger charge is 2.19. The number of aryl methyl sites for hydroxylation is 2. The van der Waals surface area contributed by atoms with Crippen LogP contribution in [0.2, 0.25) is 0 Å². The van der Waals surface area contributed by atoms with Crippen LogP contribution in [0.25, 0.3) is 21.8 Å². The fourth-order valence-corrected chi connectivity index (χ4v) is 3.65. The number of para-hydroxylation sites is 1. The Bertz CT molecular complexity index is 1120. The molecular weight excluding hydrogens is 338 g/mol. The molecule has 0 spiro atoms. The zero-order valence-electron chi connectivity index (χ0n) is 15.5. The molecule has 0 radical (unpaired) electrons. The number of fused-ring (bicyclic) bond motifs is 2. The number of rotatable bonds is 5. The van der Waals surface area contributed by atoms with Gasteiger partial charge in [-0.3, -0.25) is 4.79 Å². The number of carbonyl (C=O) groups is 1. The first-order valence-electron chi connectivity index (χ1n) is 9.12. The average Bonchev–Trinajstić information content (AvgIpc) is 3.23. The molecule has 4 rings (SSSR count). The summed E-state index contributed by atoms with van der Waals surface area (Å²) in [6, 6.07) is 13.8. The maximum atomic E-state index is 12.8. The summed E-state index contributed by atoms with van der Waals surface area (Å²) in [7, 11) is 0. The molecule has 0 aliphatic rings. The summed E-state index contributed by atoms with van der Waals surface area (Å²) in [6.45, 7) is 3.86. The van der Waals surface area contributed by atoms with Crippen molar-refractivity contribution in [2.24, 2.45) is 0 Å². The maximum Gasteiger partial charge on any atom is 0.268 e. The number of carbonyl (C=O) groups excluding carboxylic acids is 1. The van der Waals surface area contributed by atoms with Crippen LogP contribution in [0.15, 0.2) is 48.7 Å². The zero-order valence-corrected chi connectivity index (χ0v) is 15.5. The van der Waals surface area contributed by atoms with E-state index in [1.807, 2.05) is 56.4 Å². The van der Waals surface area contributed by atoms with E-state index in [1.54, 1.807) is 0 Å². The number of aliphatic hydroxyl groups excluding tert-OH is 1. The van der Waals surface area contributed by atoms with Crippen LogP contribution in [-0.4, -0.2) is 33.6 Å². The van der Waals surface area contributed by atoms with Gasteiger partial charge in [-0.05, 0) is 49.6 Å². The van der Waals surface area contributed by atoms with E-state index in [0.29, 0.717) is 12.1 Å². The molecule has 27 heavy (non-hydrogen) atoms. The van der Waals surface area contributed by atoms with Crippen molar-refractivity contribution in [3.8, 4) is 0 Å². The Morgan fingerprint density at radius 1 is 1.11 bits per heavy atom. The minimum atomic E-state index is -0.357. The molecule has 0 unspecified atom stereocenters. The Kier molecular flexibility index (Phi) is 4.46. The number of aromatic amines is 2. The molecule has 0 aliphatic heterocycles. The van der Waals surface area contributed by atoms with E-state index in [1.165, 1.54) is 0 Å². The topological polar surface area (TPSA) is 80.9 Å². The summed E-state index contributed by atoms with van der Waals surface area (Å²) in [6.07, 6.45) is 2.50. The number of benzene rings is 2.